The first kappa shape index (κ1) is 17.5. The van der Waals surface area contributed by atoms with Gasteiger partial charge in [-0.15, -0.1) is 0 Å². The third kappa shape index (κ3) is 3.52. The lowest BCUT2D eigenvalue weighted by Crippen LogP contribution is -2.32. The smallest absolute Gasteiger partial charge is 0.263 e. The highest BCUT2D eigenvalue weighted by Crippen LogP contribution is 2.25. The predicted octanol–water partition coefficient (Wildman–Crippen LogP) is 3.79. The monoisotopic (exact) mass is 376 g/mol. The summed E-state index contributed by atoms with van der Waals surface area (Å²) >= 11 is 11.9. The summed E-state index contributed by atoms with van der Waals surface area (Å²) in [6, 6.07) is 11.5. The van der Waals surface area contributed by atoms with Gasteiger partial charge in [0.05, 0.1) is 13.1 Å². The van der Waals surface area contributed by atoms with Gasteiger partial charge in [-0.1, -0.05) is 59.1 Å². The molecule has 0 radical (unpaired) electrons. The third-order valence-electron chi connectivity index (χ3n) is 3.94. The van der Waals surface area contributed by atoms with Crippen LogP contribution >= 0.6 is 23.2 Å². The van der Waals surface area contributed by atoms with Gasteiger partial charge >= 0.3 is 17.8 Å². The van der Waals surface area contributed by atoms with E-state index in [0.29, 0.717) is 15.6 Å². The van der Waals surface area contributed by atoms with Gasteiger partial charge in [-0.3, -0.25) is 19.4 Å². The molecule has 5 nitrogen and oxygen atoms in total. The van der Waals surface area contributed by atoms with E-state index in [1.165, 1.54) is 6.07 Å². The topological polar surface area (TPSA) is 57.7 Å². The van der Waals surface area contributed by atoms with E-state index >= 15 is 0 Å². The summed E-state index contributed by atoms with van der Waals surface area (Å²) in [6.07, 6.45) is 0. The van der Waals surface area contributed by atoms with Crippen LogP contribution in [0, 0.1) is 6.92 Å². The second-order valence-corrected chi connectivity index (χ2v) is 6.63. The van der Waals surface area contributed by atoms with E-state index in [1.54, 1.807) is 12.1 Å². The van der Waals surface area contributed by atoms with E-state index in [0.717, 1.165) is 20.9 Å². The van der Waals surface area contributed by atoms with Crippen molar-refractivity contribution in [3.8, 4) is 0 Å². The van der Waals surface area contributed by atoms with Crippen LogP contribution in [0.1, 0.15) is 16.7 Å². The number of imide groups is 2. The van der Waals surface area contributed by atoms with E-state index in [1.807, 2.05) is 31.2 Å². The number of hydrogen-bond donors (Lipinski definition) is 0. The van der Waals surface area contributed by atoms with Crippen LogP contribution in [-0.4, -0.2) is 27.6 Å². The number of aryl methyl sites for hydroxylation is 1. The van der Waals surface area contributed by atoms with E-state index in [2.05, 4.69) is 0 Å². The van der Waals surface area contributed by atoms with Gasteiger partial charge in [0.25, 0.3) is 0 Å². The number of rotatable bonds is 4. The Balaban J connectivity index is 1.80. The largest absolute Gasteiger partial charge is 0.334 e. The maximum absolute atomic E-state index is 12.5. The molecule has 4 amide bonds. The van der Waals surface area contributed by atoms with Crippen molar-refractivity contribution in [3.63, 3.8) is 0 Å². The van der Waals surface area contributed by atoms with Gasteiger partial charge in [0, 0.05) is 10.0 Å². The molecule has 1 aliphatic heterocycles. The number of urea groups is 1. The summed E-state index contributed by atoms with van der Waals surface area (Å²) in [4.78, 5) is 38.7. The minimum absolute atomic E-state index is 0.0501. The fraction of sp³-hybridized carbons (Fsp3) is 0.167. The molecule has 0 aliphatic carbocycles. The maximum Gasteiger partial charge on any atom is 0.334 e. The summed E-state index contributed by atoms with van der Waals surface area (Å²) in [5.41, 5.74) is 2.38. The zero-order chi connectivity index (χ0) is 18.1. The van der Waals surface area contributed by atoms with Crippen molar-refractivity contribution in [2.45, 2.75) is 20.0 Å². The Morgan fingerprint density at radius 2 is 1.44 bits per heavy atom. The van der Waals surface area contributed by atoms with Crippen LogP contribution < -0.4 is 0 Å². The number of amides is 4. The molecule has 0 saturated carbocycles. The molecule has 1 fully saturated rings. The van der Waals surface area contributed by atoms with Gasteiger partial charge in [0.1, 0.15) is 0 Å². The molecule has 0 spiro atoms. The Labute approximate surface area is 154 Å². The van der Waals surface area contributed by atoms with Crippen molar-refractivity contribution in [2.75, 3.05) is 0 Å². The number of halogens is 2. The minimum Gasteiger partial charge on any atom is -0.263 e. The zero-order valence-corrected chi connectivity index (χ0v) is 14.8. The number of nitrogens with zero attached hydrogens (tertiary/aromatic N) is 2. The Morgan fingerprint density at radius 3 is 2.04 bits per heavy atom. The van der Waals surface area contributed by atoms with Gasteiger partial charge in [0.15, 0.2) is 0 Å². The van der Waals surface area contributed by atoms with Crippen molar-refractivity contribution >= 4 is 41.0 Å². The lowest BCUT2D eigenvalue weighted by Gasteiger charge is -2.16. The van der Waals surface area contributed by atoms with E-state index < -0.39 is 17.8 Å². The average Bonchev–Trinajstić information content (AvgIpc) is 2.77. The first-order valence-corrected chi connectivity index (χ1v) is 8.29. The standard InChI is InChI=1S/C18H14Cl2N2O3/c1-11-2-4-12(5-3-11)9-21-16(23)17(24)22(18(21)25)10-13-6-7-14(19)8-15(13)20/h2-8H,9-10H2,1H3. The predicted molar refractivity (Wildman–Crippen MR) is 94.1 cm³/mol. The Hall–Kier alpha value is -2.37. The lowest BCUT2D eigenvalue weighted by molar-refractivity contribution is -0.143. The third-order valence-corrected chi connectivity index (χ3v) is 4.53. The number of benzene rings is 2. The summed E-state index contributed by atoms with van der Waals surface area (Å²) in [5.74, 6) is -1.70. The van der Waals surface area contributed by atoms with Crippen LogP contribution in [0.5, 0.6) is 0 Å². The van der Waals surface area contributed by atoms with Gasteiger partial charge in [-0.25, -0.2) is 4.79 Å². The fourth-order valence-electron chi connectivity index (χ4n) is 2.53. The second-order valence-electron chi connectivity index (χ2n) is 5.79. The Kier molecular flexibility index (Phi) is 4.79. The van der Waals surface area contributed by atoms with Crippen molar-refractivity contribution in [1.82, 2.24) is 9.80 Å². The van der Waals surface area contributed by atoms with Crippen molar-refractivity contribution < 1.29 is 14.4 Å². The summed E-state index contributed by atoms with van der Waals surface area (Å²) in [7, 11) is 0. The molecule has 0 N–H and O–H groups in total. The minimum atomic E-state index is -0.858. The van der Waals surface area contributed by atoms with Gasteiger partial charge in [0.2, 0.25) is 0 Å². The van der Waals surface area contributed by atoms with Gasteiger partial charge in [-0.2, -0.15) is 0 Å². The van der Waals surface area contributed by atoms with Crippen LogP contribution in [0.25, 0.3) is 0 Å². The average molecular weight is 377 g/mol. The normalized spacial score (nSPS) is 14.6. The lowest BCUT2D eigenvalue weighted by atomic mass is 10.1. The maximum atomic E-state index is 12.5. The summed E-state index contributed by atoms with van der Waals surface area (Å²) in [5, 5.41) is 0.780. The van der Waals surface area contributed by atoms with Crippen molar-refractivity contribution in [1.29, 1.82) is 0 Å². The molecule has 3 rings (SSSR count). The summed E-state index contributed by atoms with van der Waals surface area (Å²) < 4.78 is 0. The molecule has 128 valence electrons. The van der Waals surface area contributed by atoms with E-state index in [-0.39, 0.29) is 13.1 Å². The molecule has 0 aromatic heterocycles. The highest BCUT2D eigenvalue weighted by Gasteiger charge is 2.44. The first-order valence-electron chi connectivity index (χ1n) is 7.53. The molecule has 2 aromatic carbocycles. The molecule has 0 unspecified atom stereocenters. The summed E-state index contributed by atoms with van der Waals surface area (Å²) in [6.45, 7) is 1.91. The fourth-order valence-corrected chi connectivity index (χ4v) is 2.99. The van der Waals surface area contributed by atoms with Crippen molar-refractivity contribution in [2.24, 2.45) is 0 Å². The molecule has 25 heavy (non-hydrogen) atoms. The van der Waals surface area contributed by atoms with E-state index in [9.17, 15) is 14.4 Å². The Morgan fingerprint density at radius 1 is 0.840 bits per heavy atom. The molecule has 1 heterocycles. The molecular formula is C18H14Cl2N2O3. The number of carbonyl (C=O) groups is 3. The Bertz CT molecular complexity index is 865. The highest BCUT2D eigenvalue weighted by atomic mass is 35.5. The van der Waals surface area contributed by atoms with E-state index in [4.69, 9.17) is 23.2 Å². The molecule has 0 atom stereocenters. The zero-order valence-electron chi connectivity index (χ0n) is 13.3. The van der Waals surface area contributed by atoms with Crippen LogP contribution in [0.4, 0.5) is 4.79 Å². The van der Waals surface area contributed by atoms with Crippen LogP contribution in [-0.2, 0) is 22.7 Å². The molecule has 1 aliphatic rings. The second kappa shape index (κ2) is 6.86. The molecule has 2 aromatic rings. The molecular weight excluding hydrogens is 363 g/mol. The van der Waals surface area contributed by atoms with Crippen molar-refractivity contribution in [3.05, 3.63) is 69.2 Å². The number of carbonyl (C=O) groups excluding carboxylic acids is 3. The quantitative estimate of drug-likeness (QED) is 0.602. The molecule has 7 heteroatoms. The molecule has 0 bridgehead atoms. The SMILES string of the molecule is Cc1ccc(CN2C(=O)C(=O)N(Cc3ccc(Cl)cc3Cl)C2=O)cc1. The van der Waals surface area contributed by atoms with Gasteiger partial charge < -0.3 is 0 Å². The molecule has 1 saturated heterocycles. The van der Waals surface area contributed by atoms with Gasteiger partial charge in [-0.05, 0) is 30.2 Å². The highest BCUT2D eigenvalue weighted by molar-refractivity contribution is 6.44. The van der Waals surface area contributed by atoms with Crippen LogP contribution in [0.2, 0.25) is 10.0 Å². The van der Waals surface area contributed by atoms with Crippen LogP contribution in [0.15, 0.2) is 42.5 Å². The first-order chi connectivity index (χ1) is 11.9. The van der Waals surface area contributed by atoms with Crippen LogP contribution in [0.3, 0.4) is 0 Å². The number of hydrogen-bond acceptors (Lipinski definition) is 3.